The highest BCUT2D eigenvalue weighted by atomic mass is 32.1. The molecule has 1 fully saturated rings. The van der Waals surface area contributed by atoms with Gasteiger partial charge in [0.05, 0.1) is 11.8 Å². The van der Waals surface area contributed by atoms with E-state index in [1.165, 1.54) is 11.3 Å². The standard InChI is InChI=1S/C16H14F3N3O3S/c17-16(18,19)12-8-22(7-11(12)14(23)24)15(25)21-10-3-1-9(2-4-10)13-20-5-6-26-13/h1-6,11-12H,7-8H2,(H,21,25)(H,23,24)/t11-,12-/m1/s1. The fourth-order valence-electron chi connectivity index (χ4n) is 2.82. The molecular formula is C16H14F3N3O3S. The summed E-state index contributed by atoms with van der Waals surface area (Å²) in [6, 6.07) is 5.93. The van der Waals surface area contributed by atoms with Crippen molar-refractivity contribution in [3.63, 3.8) is 0 Å². The third-order valence-electron chi connectivity index (χ3n) is 4.16. The number of hydrogen-bond acceptors (Lipinski definition) is 4. The Labute approximate surface area is 150 Å². The molecule has 0 spiro atoms. The normalized spacial score (nSPS) is 20.2. The van der Waals surface area contributed by atoms with Gasteiger partial charge in [-0.15, -0.1) is 11.3 Å². The lowest BCUT2D eigenvalue weighted by atomic mass is 9.96. The minimum atomic E-state index is -4.67. The summed E-state index contributed by atoms with van der Waals surface area (Å²) < 4.78 is 39.0. The van der Waals surface area contributed by atoms with E-state index in [-0.39, 0.29) is 0 Å². The van der Waals surface area contributed by atoms with E-state index in [0.717, 1.165) is 15.5 Å². The predicted molar refractivity (Wildman–Crippen MR) is 88.8 cm³/mol. The number of anilines is 1. The molecule has 6 nitrogen and oxygen atoms in total. The number of hydrogen-bond donors (Lipinski definition) is 2. The molecule has 0 saturated carbocycles. The minimum absolute atomic E-state index is 0.401. The minimum Gasteiger partial charge on any atom is -0.481 e. The van der Waals surface area contributed by atoms with Crippen LogP contribution >= 0.6 is 11.3 Å². The first-order valence-electron chi connectivity index (χ1n) is 7.61. The number of carboxylic acids is 1. The fraction of sp³-hybridized carbons (Fsp3) is 0.312. The number of carboxylic acid groups (broad SMARTS) is 1. The van der Waals surface area contributed by atoms with E-state index in [1.807, 2.05) is 5.38 Å². The van der Waals surface area contributed by atoms with Gasteiger partial charge in [-0.2, -0.15) is 13.2 Å². The number of likely N-dealkylation sites (tertiary alicyclic amines) is 1. The van der Waals surface area contributed by atoms with Gasteiger partial charge in [-0.1, -0.05) is 0 Å². The van der Waals surface area contributed by atoms with Gasteiger partial charge in [-0.3, -0.25) is 4.79 Å². The lowest BCUT2D eigenvalue weighted by Crippen LogP contribution is -2.35. The Morgan fingerprint density at radius 1 is 1.23 bits per heavy atom. The summed E-state index contributed by atoms with van der Waals surface area (Å²) in [4.78, 5) is 28.3. The van der Waals surface area contributed by atoms with Crippen LogP contribution in [0, 0.1) is 11.8 Å². The molecule has 1 aromatic carbocycles. The molecule has 0 unspecified atom stereocenters. The van der Waals surface area contributed by atoms with E-state index >= 15 is 0 Å². The number of carbonyl (C=O) groups is 2. The smallest absolute Gasteiger partial charge is 0.394 e. The van der Waals surface area contributed by atoms with Gasteiger partial charge in [-0.05, 0) is 24.3 Å². The second-order valence-electron chi connectivity index (χ2n) is 5.84. The van der Waals surface area contributed by atoms with Crippen LogP contribution in [-0.4, -0.2) is 46.3 Å². The van der Waals surface area contributed by atoms with E-state index in [4.69, 9.17) is 5.11 Å². The number of amides is 2. The van der Waals surface area contributed by atoms with Crippen molar-refractivity contribution >= 4 is 29.0 Å². The van der Waals surface area contributed by atoms with Crippen LogP contribution in [0.5, 0.6) is 0 Å². The highest BCUT2D eigenvalue weighted by molar-refractivity contribution is 7.13. The second kappa shape index (κ2) is 6.94. The van der Waals surface area contributed by atoms with Crippen LogP contribution in [0.3, 0.4) is 0 Å². The lowest BCUT2D eigenvalue weighted by molar-refractivity contribution is -0.187. The Balaban J connectivity index is 1.67. The van der Waals surface area contributed by atoms with Gasteiger partial charge in [0, 0.05) is 35.9 Å². The van der Waals surface area contributed by atoms with Crippen LogP contribution in [0.1, 0.15) is 0 Å². The highest BCUT2D eigenvalue weighted by Gasteiger charge is 2.53. The zero-order valence-electron chi connectivity index (χ0n) is 13.2. The van der Waals surface area contributed by atoms with Crippen molar-refractivity contribution in [2.75, 3.05) is 18.4 Å². The van der Waals surface area contributed by atoms with Crippen LogP contribution < -0.4 is 5.32 Å². The van der Waals surface area contributed by atoms with Crippen molar-refractivity contribution in [3.8, 4) is 10.6 Å². The van der Waals surface area contributed by atoms with Crippen LogP contribution in [0.15, 0.2) is 35.8 Å². The maximum atomic E-state index is 13.0. The average Bonchev–Trinajstić information content (AvgIpc) is 3.25. The third-order valence-corrected chi connectivity index (χ3v) is 4.98. The first kappa shape index (κ1) is 18.2. The first-order valence-corrected chi connectivity index (χ1v) is 8.49. The molecule has 2 heterocycles. The van der Waals surface area contributed by atoms with Gasteiger partial charge in [-0.25, -0.2) is 9.78 Å². The molecule has 1 saturated heterocycles. The highest BCUT2D eigenvalue weighted by Crippen LogP contribution is 2.38. The molecule has 2 aromatic rings. The van der Waals surface area contributed by atoms with Gasteiger partial charge in [0.1, 0.15) is 5.01 Å². The van der Waals surface area contributed by atoms with Gasteiger partial charge in [0.25, 0.3) is 0 Å². The van der Waals surface area contributed by atoms with Crippen LogP contribution in [0.25, 0.3) is 10.6 Å². The monoisotopic (exact) mass is 385 g/mol. The number of urea groups is 1. The Hall–Kier alpha value is -2.62. The summed E-state index contributed by atoms with van der Waals surface area (Å²) in [7, 11) is 0. The quantitative estimate of drug-likeness (QED) is 0.847. The van der Waals surface area contributed by atoms with Gasteiger partial charge < -0.3 is 15.3 Å². The summed E-state index contributed by atoms with van der Waals surface area (Å²) in [5, 5.41) is 14.1. The number of benzene rings is 1. The molecule has 138 valence electrons. The number of aromatic nitrogens is 1. The van der Waals surface area contributed by atoms with Gasteiger partial charge >= 0.3 is 18.2 Å². The zero-order valence-corrected chi connectivity index (χ0v) is 14.0. The number of rotatable bonds is 3. The topological polar surface area (TPSA) is 82.5 Å². The Morgan fingerprint density at radius 3 is 2.42 bits per heavy atom. The molecule has 1 aliphatic heterocycles. The summed E-state index contributed by atoms with van der Waals surface area (Å²) in [5.41, 5.74) is 1.25. The van der Waals surface area contributed by atoms with Crippen molar-refractivity contribution in [3.05, 3.63) is 35.8 Å². The number of nitrogens with one attached hydrogen (secondary N) is 1. The number of carbonyl (C=O) groups excluding carboxylic acids is 1. The van der Waals surface area contributed by atoms with Crippen molar-refractivity contribution in [1.29, 1.82) is 0 Å². The molecule has 26 heavy (non-hydrogen) atoms. The van der Waals surface area contributed by atoms with Crippen molar-refractivity contribution in [2.24, 2.45) is 11.8 Å². The number of aliphatic carboxylic acids is 1. The van der Waals surface area contributed by atoms with Gasteiger partial charge in [0.2, 0.25) is 0 Å². The zero-order chi connectivity index (χ0) is 18.9. The second-order valence-corrected chi connectivity index (χ2v) is 6.74. The van der Waals surface area contributed by atoms with Crippen molar-refractivity contribution in [1.82, 2.24) is 9.88 Å². The third kappa shape index (κ3) is 3.79. The molecular weight excluding hydrogens is 371 g/mol. The van der Waals surface area contributed by atoms with E-state index < -0.39 is 43.1 Å². The molecule has 3 rings (SSSR count). The predicted octanol–water partition coefficient (Wildman–Crippen LogP) is 3.54. The van der Waals surface area contributed by atoms with Crippen LogP contribution in [-0.2, 0) is 4.79 Å². The van der Waals surface area contributed by atoms with Gasteiger partial charge in [0.15, 0.2) is 0 Å². The molecule has 1 aliphatic rings. The summed E-state index contributed by atoms with van der Waals surface area (Å²) in [6.45, 7) is -1.16. The summed E-state index contributed by atoms with van der Waals surface area (Å²) in [6.07, 6.45) is -3.01. The van der Waals surface area contributed by atoms with E-state index in [1.54, 1.807) is 30.5 Å². The Morgan fingerprint density at radius 2 is 1.92 bits per heavy atom. The van der Waals surface area contributed by atoms with E-state index in [2.05, 4.69) is 10.3 Å². The molecule has 10 heteroatoms. The van der Waals surface area contributed by atoms with Crippen molar-refractivity contribution in [2.45, 2.75) is 6.18 Å². The molecule has 1 aromatic heterocycles. The Bertz CT molecular complexity index is 793. The van der Waals surface area contributed by atoms with E-state index in [9.17, 15) is 22.8 Å². The molecule has 2 amide bonds. The first-order chi connectivity index (χ1) is 12.3. The maximum absolute atomic E-state index is 13.0. The SMILES string of the molecule is O=C(O)[C@@H]1CN(C(=O)Nc2ccc(-c3nccs3)cc2)C[C@H]1C(F)(F)F. The summed E-state index contributed by atoms with van der Waals surface area (Å²) in [5.74, 6) is -5.29. The maximum Gasteiger partial charge on any atom is 0.394 e. The molecule has 0 radical (unpaired) electrons. The largest absolute Gasteiger partial charge is 0.481 e. The number of thiazole rings is 1. The molecule has 0 bridgehead atoms. The average molecular weight is 385 g/mol. The van der Waals surface area contributed by atoms with E-state index in [0.29, 0.717) is 5.69 Å². The molecule has 2 N–H and O–H groups in total. The fourth-order valence-corrected chi connectivity index (χ4v) is 3.46. The number of halogens is 3. The molecule has 2 atom stereocenters. The van der Waals surface area contributed by atoms with Crippen molar-refractivity contribution < 1.29 is 27.9 Å². The number of nitrogens with zero attached hydrogens (tertiary/aromatic N) is 2. The Kier molecular flexibility index (Phi) is 4.86. The van der Waals surface area contributed by atoms with Crippen LogP contribution in [0.4, 0.5) is 23.7 Å². The molecule has 0 aliphatic carbocycles. The number of alkyl halides is 3. The summed E-state index contributed by atoms with van der Waals surface area (Å²) >= 11 is 1.45. The van der Waals surface area contributed by atoms with Crippen LogP contribution in [0.2, 0.25) is 0 Å². The lowest BCUT2D eigenvalue weighted by Gasteiger charge is -2.18.